The number of carbonyl (C=O) groups is 1. The summed E-state index contributed by atoms with van der Waals surface area (Å²) in [6.07, 6.45) is 0.414. The van der Waals surface area contributed by atoms with Gasteiger partial charge in [0.2, 0.25) is 0 Å². The van der Waals surface area contributed by atoms with Crippen LogP contribution in [0.15, 0.2) is 36.4 Å². The number of aldehydes is 1. The van der Waals surface area contributed by atoms with Gasteiger partial charge in [0, 0.05) is 5.02 Å². The Morgan fingerprint density at radius 3 is 2.73 bits per heavy atom. The number of quaternary nitrogens is 1. The van der Waals surface area contributed by atoms with Crippen LogP contribution in [0.3, 0.4) is 0 Å². The maximum Gasteiger partial charge on any atom is 0.160 e. The molecule has 5 nitrogen and oxygen atoms in total. The lowest BCUT2D eigenvalue weighted by atomic mass is 10.2. The van der Waals surface area contributed by atoms with Gasteiger partial charge in [-0.3, -0.25) is 4.79 Å². The molecule has 1 saturated heterocycles. The molecule has 7 heteroatoms. The van der Waals surface area contributed by atoms with Gasteiger partial charge in [0.05, 0.1) is 49.3 Å². The molecule has 0 aliphatic carbocycles. The van der Waals surface area contributed by atoms with E-state index in [1.54, 1.807) is 0 Å². The molecular weight excluding hydrogens is 372 g/mol. The van der Waals surface area contributed by atoms with Gasteiger partial charge >= 0.3 is 0 Å². The molecule has 3 rings (SSSR count). The van der Waals surface area contributed by atoms with Gasteiger partial charge < -0.3 is 19.6 Å². The van der Waals surface area contributed by atoms with Crippen molar-refractivity contribution in [3.8, 4) is 0 Å². The fourth-order valence-corrected chi connectivity index (χ4v) is 4.20. The standard InChI is InChI=1S/C19H23ClN2O3S/c20-18-4-2-1-3-15(18)13-25-14-16(24)11-21-7-9-22(10-8-21)19-6-5-17(12-23)26-19/h1-6,12,16,24H,7-11,13-14H2/p+1/t16-/m1/s1. The summed E-state index contributed by atoms with van der Waals surface area (Å²) in [4.78, 5) is 15.3. The fraction of sp³-hybridized carbons (Fsp3) is 0.421. The summed E-state index contributed by atoms with van der Waals surface area (Å²) in [6.45, 7) is 5.21. The number of thiophene rings is 1. The second kappa shape index (κ2) is 9.48. The number of nitrogens with zero attached hydrogens (tertiary/aromatic N) is 1. The molecule has 2 aromatic rings. The van der Waals surface area contributed by atoms with E-state index in [9.17, 15) is 9.90 Å². The second-order valence-electron chi connectivity index (χ2n) is 6.50. The Morgan fingerprint density at radius 1 is 1.27 bits per heavy atom. The van der Waals surface area contributed by atoms with Crippen molar-refractivity contribution in [3.63, 3.8) is 0 Å². The van der Waals surface area contributed by atoms with E-state index >= 15 is 0 Å². The molecule has 0 spiro atoms. The van der Waals surface area contributed by atoms with E-state index in [4.69, 9.17) is 16.3 Å². The van der Waals surface area contributed by atoms with E-state index < -0.39 is 6.10 Å². The number of benzene rings is 1. The molecule has 1 fully saturated rings. The first kappa shape index (κ1) is 19.3. The third-order valence-corrected chi connectivity index (χ3v) is 6.00. The molecule has 26 heavy (non-hydrogen) atoms. The minimum atomic E-state index is -0.484. The predicted octanol–water partition coefficient (Wildman–Crippen LogP) is 1.50. The number of hydrogen-bond acceptors (Lipinski definition) is 5. The zero-order valence-corrected chi connectivity index (χ0v) is 16.1. The number of hydrogen-bond donors (Lipinski definition) is 2. The number of piperazine rings is 1. The third kappa shape index (κ3) is 5.28. The molecule has 1 aromatic heterocycles. The van der Waals surface area contributed by atoms with Crippen molar-refractivity contribution >= 4 is 34.2 Å². The van der Waals surface area contributed by atoms with E-state index in [0.29, 0.717) is 24.8 Å². The molecule has 140 valence electrons. The molecular formula is C19H24ClN2O3S+. The quantitative estimate of drug-likeness (QED) is 0.665. The molecule has 0 amide bonds. The Bertz CT molecular complexity index is 716. The van der Waals surface area contributed by atoms with Gasteiger partial charge in [-0.15, -0.1) is 11.3 Å². The molecule has 1 atom stereocenters. The Balaban J connectivity index is 1.37. The van der Waals surface area contributed by atoms with Crippen LogP contribution in [0.25, 0.3) is 0 Å². The number of aliphatic hydroxyl groups excluding tert-OH is 1. The number of halogens is 1. The zero-order chi connectivity index (χ0) is 18.4. The van der Waals surface area contributed by atoms with Crippen LogP contribution < -0.4 is 9.80 Å². The second-order valence-corrected chi connectivity index (χ2v) is 8.00. The van der Waals surface area contributed by atoms with Crippen LogP contribution in [0.1, 0.15) is 15.2 Å². The molecule has 1 aliphatic rings. The van der Waals surface area contributed by atoms with Crippen molar-refractivity contribution in [2.24, 2.45) is 0 Å². The SMILES string of the molecule is O=Cc1ccc(N2CC[NH+](C[C@@H](O)COCc3ccccc3Cl)CC2)s1. The largest absolute Gasteiger partial charge is 0.385 e. The molecule has 2 heterocycles. The van der Waals surface area contributed by atoms with E-state index in [1.807, 2.05) is 36.4 Å². The van der Waals surface area contributed by atoms with Gasteiger partial charge in [-0.1, -0.05) is 29.8 Å². The van der Waals surface area contributed by atoms with Gasteiger partial charge in [-0.05, 0) is 23.8 Å². The summed E-state index contributed by atoms with van der Waals surface area (Å²) < 4.78 is 5.62. The van der Waals surface area contributed by atoms with Gasteiger partial charge in [0.1, 0.15) is 12.6 Å². The van der Waals surface area contributed by atoms with E-state index in [1.165, 1.54) is 16.2 Å². The minimum absolute atomic E-state index is 0.312. The van der Waals surface area contributed by atoms with Crippen LogP contribution in [0.2, 0.25) is 5.02 Å². The van der Waals surface area contributed by atoms with Crippen LogP contribution >= 0.6 is 22.9 Å². The molecule has 1 aromatic carbocycles. The van der Waals surface area contributed by atoms with Crippen molar-refractivity contribution < 1.29 is 19.5 Å². The monoisotopic (exact) mass is 395 g/mol. The Labute approximate surface area is 162 Å². The summed E-state index contributed by atoms with van der Waals surface area (Å²) >= 11 is 7.63. The zero-order valence-electron chi connectivity index (χ0n) is 14.6. The average molecular weight is 396 g/mol. The van der Waals surface area contributed by atoms with Crippen molar-refractivity contribution in [2.45, 2.75) is 12.7 Å². The van der Waals surface area contributed by atoms with Gasteiger partial charge in [0.15, 0.2) is 6.29 Å². The predicted molar refractivity (Wildman–Crippen MR) is 105 cm³/mol. The van der Waals surface area contributed by atoms with Gasteiger partial charge in [-0.25, -0.2) is 0 Å². The number of aliphatic hydroxyl groups is 1. The fourth-order valence-electron chi connectivity index (χ4n) is 3.14. The highest BCUT2D eigenvalue weighted by atomic mass is 35.5. The lowest BCUT2D eigenvalue weighted by Gasteiger charge is -2.33. The number of ether oxygens (including phenoxy) is 1. The first-order valence-corrected chi connectivity index (χ1v) is 9.98. The lowest BCUT2D eigenvalue weighted by Crippen LogP contribution is -3.16. The van der Waals surface area contributed by atoms with Crippen molar-refractivity contribution in [1.82, 2.24) is 0 Å². The minimum Gasteiger partial charge on any atom is -0.385 e. The van der Waals surface area contributed by atoms with Crippen LogP contribution in [0.4, 0.5) is 5.00 Å². The van der Waals surface area contributed by atoms with Crippen LogP contribution in [-0.4, -0.2) is 56.8 Å². The highest BCUT2D eigenvalue weighted by Gasteiger charge is 2.23. The molecule has 0 saturated carbocycles. The van der Waals surface area contributed by atoms with Crippen molar-refractivity contribution in [1.29, 1.82) is 0 Å². The summed E-state index contributed by atoms with van der Waals surface area (Å²) in [7, 11) is 0. The first-order chi connectivity index (χ1) is 12.7. The van der Waals surface area contributed by atoms with Gasteiger partial charge in [0.25, 0.3) is 0 Å². The number of carbonyl (C=O) groups excluding carboxylic acids is 1. The Hall–Kier alpha value is -1.44. The normalized spacial score (nSPS) is 16.6. The summed E-state index contributed by atoms with van der Waals surface area (Å²) in [6, 6.07) is 11.5. The maximum absolute atomic E-state index is 10.8. The number of rotatable bonds is 8. The molecule has 0 unspecified atom stereocenters. The first-order valence-electron chi connectivity index (χ1n) is 8.78. The molecule has 0 radical (unpaired) electrons. The smallest absolute Gasteiger partial charge is 0.160 e. The lowest BCUT2D eigenvalue weighted by molar-refractivity contribution is -0.903. The summed E-state index contributed by atoms with van der Waals surface area (Å²) in [5, 5.41) is 12.1. The highest BCUT2D eigenvalue weighted by molar-refractivity contribution is 7.17. The summed E-state index contributed by atoms with van der Waals surface area (Å²) in [5.41, 5.74) is 0.938. The average Bonchev–Trinajstić information content (AvgIpc) is 3.13. The Morgan fingerprint density at radius 2 is 2.04 bits per heavy atom. The highest BCUT2D eigenvalue weighted by Crippen LogP contribution is 2.24. The van der Waals surface area contributed by atoms with Crippen LogP contribution in [-0.2, 0) is 11.3 Å². The van der Waals surface area contributed by atoms with E-state index in [0.717, 1.165) is 47.9 Å². The number of anilines is 1. The topological polar surface area (TPSA) is 54.2 Å². The molecule has 1 aliphatic heterocycles. The van der Waals surface area contributed by atoms with Crippen molar-refractivity contribution in [2.75, 3.05) is 44.2 Å². The van der Waals surface area contributed by atoms with Crippen molar-refractivity contribution in [3.05, 3.63) is 51.9 Å². The maximum atomic E-state index is 10.8. The summed E-state index contributed by atoms with van der Waals surface area (Å²) in [5.74, 6) is 0. The Kier molecular flexibility index (Phi) is 7.05. The van der Waals surface area contributed by atoms with Crippen LogP contribution in [0, 0.1) is 0 Å². The number of nitrogens with one attached hydrogen (secondary N) is 1. The molecule has 0 bridgehead atoms. The third-order valence-electron chi connectivity index (χ3n) is 4.56. The van der Waals surface area contributed by atoms with E-state index in [2.05, 4.69) is 4.90 Å². The van der Waals surface area contributed by atoms with Gasteiger partial charge in [-0.2, -0.15) is 0 Å². The van der Waals surface area contributed by atoms with E-state index in [-0.39, 0.29) is 0 Å². The van der Waals surface area contributed by atoms with Crippen LogP contribution in [0.5, 0.6) is 0 Å². The molecule has 2 N–H and O–H groups in total.